The van der Waals surface area contributed by atoms with Crippen molar-refractivity contribution >= 4 is 28.5 Å². The van der Waals surface area contributed by atoms with Crippen LogP contribution in [0, 0.1) is 0 Å². The van der Waals surface area contributed by atoms with Crippen molar-refractivity contribution in [2.75, 3.05) is 11.9 Å². The van der Waals surface area contributed by atoms with Crippen LogP contribution in [0.25, 0.3) is 0 Å². The van der Waals surface area contributed by atoms with E-state index in [0.29, 0.717) is 24.6 Å². The summed E-state index contributed by atoms with van der Waals surface area (Å²) in [7, 11) is 0. The Morgan fingerprint density at radius 2 is 2.10 bits per heavy atom. The van der Waals surface area contributed by atoms with Crippen LogP contribution in [0.3, 0.4) is 0 Å². The number of thiazole rings is 1. The monoisotopic (exact) mass is 297 g/mol. The average molecular weight is 297 g/mol. The maximum Gasteiger partial charge on any atom is 0.410 e. The summed E-state index contributed by atoms with van der Waals surface area (Å²) < 4.78 is 5.37. The Morgan fingerprint density at radius 1 is 1.40 bits per heavy atom. The van der Waals surface area contributed by atoms with Crippen molar-refractivity contribution in [1.29, 1.82) is 0 Å². The van der Waals surface area contributed by atoms with E-state index in [4.69, 9.17) is 4.74 Å². The minimum absolute atomic E-state index is 0.139. The number of hydrogen-bond donors (Lipinski definition) is 1. The highest BCUT2D eigenvalue weighted by atomic mass is 32.1. The van der Waals surface area contributed by atoms with Gasteiger partial charge in [-0.25, -0.2) is 9.78 Å². The minimum Gasteiger partial charge on any atom is -0.444 e. The van der Waals surface area contributed by atoms with Gasteiger partial charge < -0.3 is 15.0 Å². The smallest absolute Gasteiger partial charge is 0.410 e. The van der Waals surface area contributed by atoms with Crippen LogP contribution in [0.15, 0.2) is 0 Å². The van der Waals surface area contributed by atoms with Crippen LogP contribution in [0.1, 0.15) is 38.3 Å². The number of aromatic nitrogens is 1. The SMILES string of the molecule is CC(=O)Nc1nc2c(s1)CN(C(=O)OC(C)(C)C)CC2. The number of amides is 2. The lowest BCUT2D eigenvalue weighted by molar-refractivity contribution is -0.114. The molecule has 6 nitrogen and oxygen atoms in total. The summed E-state index contributed by atoms with van der Waals surface area (Å²) in [6.45, 7) is 8.08. The number of anilines is 1. The van der Waals surface area contributed by atoms with Gasteiger partial charge in [0.15, 0.2) is 5.13 Å². The fourth-order valence-electron chi connectivity index (χ4n) is 1.88. The van der Waals surface area contributed by atoms with Gasteiger partial charge in [-0.1, -0.05) is 11.3 Å². The molecule has 0 atom stereocenters. The Labute approximate surface area is 122 Å². The first kappa shape index (κ1) is 14.8. The fourth-order valence-corrected chi connectivity index (χ4v) is 2.95. The summed E-state index contributed by atoms with van der Waals surface area (Å²) in [5.41, 5.74) is 0.463. The third-order valence-electron chi connectivity index (χ3n) is 2.67. The molecular formula is C13H19N3O3S. The number of fused-ring (bicyclic) bond motifs is 1. The second-order valence-corrected chi connectivity index (χ2v) is 6.81. The van der Waals surface area contributed by atoms with E-state index < -0.39 is 5.60 Å². The summed E-state index contributed by atoms with van der Waals surface area (Å²) in [5, 5.41) is 3.27. The van der Waals surface area contributed by atoms with Gasteiger partial charge >= 0.3 is 6.09 Å². The molecule has 0 radical (unpaired) electrons. The van der Waals surface area contributed by atoms with Gasteiger partial charge in [0.25, 0.3) is 0 Å². The zero-order valence-corrected chi connectivity index (χ0v) is 13.0. The van der Waals surface area contributed by atoms with E-state index in [9.17, 15) is 9.59 Å². The zero-order valence-electron chi connectivity index (χ0n) is 12.1. The maximum atomic E-state index is 12.0. The molecule has 0 aromatic carbocycles. The van der Waals surface area contributed by atoms with Gasteiger partial charge in [-0.3, -0.25) is 4.79 Å². The fraction of sp³-hybridized carbons (Fsp3) is 0.615. The molecule has 2 amide bonds. The Balaban J connectivity index is 2.05. The quantitative estimate of drug-likeness (QED) is 0.864. The summed E-state index contributed by atoms with van der Waals surface area (Å²) in [5.74, 6) is -0.139. The van der Waals surface area contributed by atoms with Crippen LogP contribution < -0.4 is 5.32 Å². The average Bonchev–Trinajstić information content (AvgIpc) is 2.66. The van der Waals surface area contributed by atoms with Gasteiger partial charge in [0.2, 0.25) is 5.91 Å². The first-order chi connectivity index (χ1) is 9.24. The lowest BCUT2D eigenvalue weighted by Crippen LogP contribution is -2.39. The topological polar surface area (TPSA) is 71.5 Å². The molecule has 1 aliphatic rings. The number of nitrogens with one attached hydrogen (secondary N) is 1. The van der Waals surface area contributed by atoms with E-state index in [1.165, 1.54) is 18.3 Å². The predicted octanol–water partition coefficient (Wildman–Crippen LogP) is 2.39. The molecule has 20 heavy (non-hydrogen) atoms. The molecule has 1 N–H and O–H groups in total. The van der Waals surface area contributed by atoms with Gasteiger partial charge in [0, 0.05) is 24.8 Å². The molecule has 0 saturated carbocycles. The molecule has 0 fully saturated rings. The molecule has 0 saturated heterocycles. The summed E-state index contributed by atoms with van der Waals surface area (Å²) >= 11 is 1.41. The normalized spacial score (nSPS) is 14.7. The standard InChI is InChI=1S/C13H19N3O3S/c1-8(17)14-11-15-9-5-6-16(7-10(9)20-11)12(18)19-13(2,3)4/h5-7H2,1-4H3,(H,14,15,17). The number of carbonyl (C=O) groups excluding carboxylic acids is 2. The van der Waals surface area contributed by atoms with Crippen molar-refractivity contribution in [3.05, 3.63) is 10.6 Å². The van der Waals surface area contributed by atoms with Crippen LogP contribution in [0.2, 0.25) is 0 Å². The minimum atomic E-state index is -0.494. The second kappa shape index (κ2) is 5.40. The van der Waals surface area contributed by atoms with Crippen molar-refractivity contribution in [1.82, 2.24) is 9.88 Å². The Morgan fingerprint density at radius 3 is 2.70 bits per heavy atom. The molecule has 7 heteroatoms. The van der Waals surface area contributed by atoms with Crippen molar-refractivity contribution < 1.29 is 14.3 Å². The Kier molecular flexibility index (Phi) is 3.99. The van der Waals surface area contributed by atoms with Gasteiger partial charge in [0.1, 0.15) is 5.60 Å². The molecule has 0 bridgehead atoms. The Bertz CT molecular complexity index is 533. The van der Waals surface area contributed by atoms with Gasteiger partial charge in [-0.2, -0.15) is 0 Å². The van der Waals surface area contributed by atoms with Gasteiger partial charge in [0.05, 0.1) is 12.2 Å². The van der Waals surface area contributed by atoms with Crippen LogP contribution in [-0.2, 0) is 22.5 Å². The van der Waals surface area contributed by atoms with E-state index in [2.05, 4.69) is 10.3 Å². The van der Waals surface area contributed by atoms with Crippen molar-refractivity contribution in [3.63, 3.8) is 0 Å². The number of rotatable bonds is 1. The first-order valence-electron chi connectivity index (χ1n) is 6.49. The van der Waals surface area contributed by atoms with Crippen molar-refractivity contribution in [2.45, 2.75) is 46.3 Å². The highest BCUT2D eigenvalue weighted by Crippen LogP contribution is 2.29. The van der Waals surface area contributed by atoms with Crippen LogP contribution in [0.5, 0.6) is 0 Å². The highest BCUT2D eigenvalue weighted by Gasteiger charge is 2.27. The lowest BCUT2D eigenvalue weighted by atomic mass is 10.2. The van der Waals surface area contributed by atoms with E-state index in [1.54, 1.807) is 4.90 Å². The Hall–Kier alpha value is -1.63. The third-order valence-corrected chi connectivity index (χ3v) is 3.66. The highest BCUT2D eigenvalue weighted by molar-refractivity contribution is 7.15. The van der Waals surface area contributed by atoms with E-state index in [-0.39, 0.29) is 12.0 Å². The van der Waals surface area contributed by atoms with Crippen molar-refractivity contribution in [3.8, 4) is 0 Å². The molecule has 2 heterocycles. The molecule has 0 spiro atoms. The molecule has 1 aromatic rings. The first-order valence-corrected chi connectivity index (χ1v) is 7.30. The second-order valence-electron chi connectivity index (χ2n) is 5.72. The lowest BCUT2D eigenvalue weighted by Gasteiger charge is -2.29. The summed E-state index contributed by atoms with van der Waals surface area (Å²) in [6.07, 6.45) is 0.377. The molecule has 1 aliphatic heterocycles. The van der Waals surface area contributed by atoms with Gasteiger partial charge in [-0.15, -0.1) is 0 Å². The van der Waals surface area contributed by atoms with Crippen molar-refractivity contribution in [2.24, 2.45) is 0 Å². The molecule has 110 valence electrons. The van der Waals surface area contributed by atoms with Crippen LogP contribution in [-0.4, -0.2) is 34.0 Å². The number of hydrogen-bond acceptors (Lipinski definition) is 5. The van der Waals surface area contributed by atoms with Crippen LogP contribution >= 0.6 is 11.3 Å². The van der Waals surface area contributed by atoms with E-state index >= 15 is 0 Å². The summed E-state index contributed by atoms with van der Waals surface area (Å²) in [6, 6.07) is 0. The van der Waals surface area contributed by atoms with Gasteiger partial charge in [-0.05, 0) is 20.8 Å². The predicted molar refractivity (Wildman–Crippen MR) is 76.8 cm³/mol. The zero-order chi connectivity index (χ0) is 14.9. The van der Waals surface area contributed by atoms with Crippen LogP contribution in [0.4, 0.5) is 9.93 Å². The van der Waals surface area contributed by atoms with E-state index in [1.807, 2.05) is 20.8 Å². The van der Waals surface area contributed by atoms with E-state index in [0.717, 1.165) is 10.6 Å². The molecule has 0 unspecified atom stereocenters. The third kappa shape index (κ3) is 3.69. The number of nitrogens with zero attached hydrogens (tertiary/aromatic N) is 2. The molecule has 0 aliphatic carbocycles. The molecular weight excluding hydrogens is 278 g/mol. The largest absolute Gasteiger partial charge is 0.444 e. The number of carbonyl (C=O) groups is 2. The number of ether oxygens (including phenoxy) is 1. The molecule has 2 rings (SSSR count). The maximum absolute atomic E-state index is 12.0. The molecule has 1 aromatic heterocycles. The summed E-state index contributed by atoms with van der Waals surface area (Å²) in [4.78, 5) is 30.1.